The molecule has 0 saturated heterocycles. The van der Waals surface area contributed by atoms with E-state index in [2.05, 4.69) is 24.2 Å². The standard InChI is InChI=1S/C24H30ClN3O5/c1-24(2,17-3-7-22(8-4-17)32-15-20(30)11-25)18-5-9-23(10-6-18)33-16-21(31)13-28-12-19(14-29)26-27-28/h3-10,12,20-21,29-31H,11,13-16H2,1-2H3/t20-,21+/m0/s1. The molecule has 178 valence electrons. The summed E-state index contributed by atoms with van der Waals surface area (Å²) in [5.41, 5.74) is 2.44. The van der Waals surface area contributed by atoms with Gasteiger partial charge in [-0.1, -0.05) is 43.3 Å². The second kappa shape index (κ2) is 11.5. The predicted molar refractivity (Wildman–Crippen MR) is 125 cm³/mol. The van der Waals surface area contributed by atoms with E-state index in [1.165, 1.54) is 4.68 Å². The first kappa shape index (κ1) is 25.0. The van der Waals surface area contributed by atoms with Crippen LogP contribution in [-0.2, 0) is 18.6 Å². The van der Waals surface area contributed by atoms with Crippen LogP contribution in [0.3, 0.4) is 0 Å². The molecule has 0 radical (unpaired) electrons. The summed E-state index contributed by atoms with van der Waals surface area (Å²) in [6.07, 6.45) is 0.133. The highest BCUT2D eigenvalue weighted by Crippen LogP contribution is 2.33. The molecule has 8 nitrogen and oxygen atoms in total. The first-order chi connectivity index (χ1) is 15.8. The summed E-state index contributed by atoms with van der Waals surface area (Å²) in [5, 5.41) is 36.3. The Bertz CT molecular complexity index is 992. The van der Waals surface area contributed by atoms with Crippen molar-refractivity contribution in [3.05, 3.63) is 71.5 Å². The molecular formula is C24H30ClN3O5. The number of hydrogen-bond donors (Lipinski definition) is 3. The molecule has 0 bridgehead atoms. The Morgan fingerprint density at radius 2 is 1.42 bits per heavy atom. The summed E-state index contributed by atoms with van der Waals surface area (Å²) >= 11 is 5.59. The molecule has 2 aromatic carbocycles. The van der Waals surface area contributed by atoms with Crippen LogP contribution in [-0.4, -0.2) is 61.6 Å². The van der Waals surface area contributed by atoms with Crippen molar-refractivity contribution in [3.8, 4) is 11.5 Å². The average Bonchev–Trinajstić information content (AvgIpc) is 3.29. The first-order valence-corrected chi connectivity index (χ1v) is 11.2. The number of hydrogen-bond acceptors (Lipinski definition) is 7. The summed E-state index contributed by atoms with van der Waals surface area (Å²) in [7, 11) is 0. The van der Waals surface area contributed by atoms with Gasteiger partial charge in [-0.25, -0.2) is 4.68 Å². The molecule has 0 aliphatic carbocycles. The van der Waals surface area contributed by atoms with Crippen LogP contribution >= 0.6 is 11.6 Å². The van der Waals surface area contributed by atoms with E-state index in [1.807, 2.05) is 48.5 Å². The van der Waals surface area contributed by atoms with E-state index in [0.717, 1.165) is 11.1 Å². The Morgan fingerprint density at radius 1 is 0.909 bits per heavy atom. The molecule has 33 heavy (non-hydrogen) atoms. The van der Waals surface area contributed by atoms with Gasteiger partial charge in [-0.15, -0.1) is 16.7 Å². The molecule has 0 fully saturated rings. The number of benzene rings is 2. The van der Waals surface area contributed by atoms with E-state index >= 15 is 0 Å². The number of ether oxygens (including phenoxy) is 2. The number of aromatic nitrogens is 3. The van der Waals surface area contributed by atoms with Crippen LogP contribution in [0, 0.1) is 0 Å². The zero-order chi connectivity index (χ0) is 23.8. The lowest BCUT2D eigenvalue weighted by molar-refractivity contribution is 0.0888. The van der Waals surface area contributed by atoms with Crippen molar-refractivity contribution in [2.75, 3.05) is 19.1 Å². The topological polar surface area (TPSA) is 110 Å². The van der Waals surface area contributed by atoms with Gasteiger partial charge in [0.05, 0.1) is 25.2 Å². The van der Waals surface area contributed by atoms with Gasteiger partial charge in [0.15, 0.2) is 0 Å². The second-order valence-electron chi connectivity index (χ2n) is 8.35. The fourth-order valence-electron chi connectivity index (χ4n) is 3.30. The molecule has 3 N–H and O–H groups in total. The van der Waals surface area contributed by atoms with Crippen LogP contribution in [0.1, 0.15) is 30.7 Å². The van der Waals surface area contributed by atoms with Gasteiger partial charge in [0.25, 0.3) is 0 Å². The number of nitrogens with zero attached hydrogens (tertiary/aromatic N) is 3. The Hall–Kier alpha value is -2.65. The van der Waals surface area contributed by atoms with E-state index in [4.69, 9.17) is 26.2 Å². The van der Waals surface area contributed by atoms with Crippen molar-refractivity contribution in [2.24, 2.45) is 0 Å². The molecular weight excluding hydrogens is 446 g/mol. The van der Waals surface area contributed by atoms with Gasteiger partial charge >= 0.3 is 0 Å². The monoisotopic (exact) mass is 475 g/mol. The molecule has 1 heterocycles. The lowest BCUT2D eigenvalue weighted by atomic mass is 9.78. The molecule has 0 aliphatic heterocycles. The van der Waals surface area contributed by atoms with Gasteiger partial charge in [-0.05, 0) is 35.4 Å². The summed E-state index contributed by atoms with van der Waals surface area (Å²) < 4.78 is 12.7. The van der Waals surface area contributed by atoms with Gasteiger partial charge in [0.2, 0.25) is 0 Å². The number of aliphatic hydroxyl groups is 3. The van der Waals surface area contributed by atoms with Gasteiger partial charge in [0, 0.05) is 5.41 Å². The fourth-order valence-corrected chi connectivity index (χ4v) is 3.39. The maximum Gasteiger partial charge on any atom is 0.119 e. The maximum atomic E-state index is 10.2. The van der Waals surface area contributed by atoms with E-state index in [-0.39, 0.29) is 37.7 Å². The molecule has 9 heteroatoms. The van der Waals surface area contributed by atoms with Gasteiger partial charge in [0.1, 0.15) is 42.6 Å². The molecule has 3 rings (SSSR count). The van der Waals surface area contributed by atoms with E-state index < -0.39 is 12.2 Å². The third-order valence-corrected chi connectivity index (χ3v) is 5.72. The van der Waals surface area contributed by atoms with E-state index in [1.54, 1.807) is 6.20 Å². The third-order valence-electron chi connectivity index (χ3n) is 5.36. The minimum atomic E-state index is -0.763. The van der Waals surface area contributed by atoms with Crippen LogP contribution in [0.15, 0.2) is 54.7 Å². The van der Waals surface area contributed by atoms with Gasteiger partial charge in [-0.2, -0.15) is 0 Å². The molecule has 1 aromatic heterocycles. The first-order valence-electron chi connectivity index (χ1n) is 10.7. The fraction of sp³-hybridized carbons (Fsp3) is 0.417. The van der Waals surface area contributed by atoms with Gasteiger partial charge < -0.3 is 24.8 Å². The highest BCUT2D eigenvalue weighted by molar-refractivity contribution is 6.18. The normalized spacial score (nSPS) is 13.5. The number of rotatable bonds is 12. The lowest BCUT2D eigenvalue weighted by Crippen LogP contribution is -2.24. The van der Waals surface area contributed by atoms with E-state index in [9.17, 15) is 10.2 Å². The average molecular weight is 476 g/mol. The van der Waals surface area contributed by atoms with Crippen LogP contribution in [0.4, 0.5) is 0 Å². The Kier molecular flexibility index (Phi) is 8.68. The molecule has 0 saturated carbocycles. The van der Waals surface area contributed by atoms with Crippen molar-refractivity contribution in [1.29, 1.82) is 0 Å². The quantitative estimate of drug-likeness (QED) is 0.345. The molecule has 0 amide bonds. The summed E-state index contributed by atoms with van der Waals surface area (Å²) in [4.78, 5) is 0. The van der Waals surface area contributed by atoms with Crippen molar-refractivity contribution < 1.29 is 24.8 Å². The SMILES string of the molecule is CC(C)(c1ccc(OC[C@@H](O)CCl)cc1)c1ccc(OC[C@H](O)Cn2cc(CO)nn2)cc1. The molecule has 2 atom stereocenters. The number of halogens is 1. The summed E-state index contributed by atoms with van der Waals surface area (Å²) in [5.74, 6) is 1.47. The Labute approximate surface area is 198 Å². The highest BCUT2D eigenvalue weighted by Gasteiger charge is 2.23. The minimum Gasteiger partial charge on any atom is -0.491 e. The lowest BCUT2D eigenvalue weighted by Gasteiger charge is -2.26. The second-order valence-corrected chi connectivity index (χ2v) is 8.66. The minimum absolute atomic E-state index is 0.108. The van der Waals surface area contributed by atoms with Crippen molar-refractivity contribution in [2.45, 2.75) is 44.6 Å². The zero-order valence-electron chi connectivity index (χ0n) is 18.8. The summed E-state index contributed by atoms with van der Waals surface area (Å²) in [6, 6.07) is 15.6. The smallest absolute Gasteiger partial charge is 0.119 e. The van der Waals surface area contributed by atoms with Crippen molar-refractivity contribution in [1.82, 2.24) is 15.0 Å². The van der Waals surface area contributed by atoms with Crippen LogP contribution in [0.25, 0.3) is 0 Å². The molecule has 0 unspecified atom stereocenters. The summed E-state index contributed by atoms with van der Waals surface area (Å²) in [6.45, 7) is 4.58. The van der Waals surface area contributed by atoms with E-state index in [0.29, 0.717) is 17.2 Å². The van der Waals surface area contributed by atoms with Crippen molar-refractivity contribution >= 4 is 11.6 Å². The third kappa shape index (κ3) is 6.91. The maximum absolute atomic E-state index is 10.2. The Balaban J connectivity index is 1.55. The zero-order valence-corrected chi connectivity index (χ0v) is 19.5. The highest BCUT2D eigenvalue weighted by atomic mass is 35.5. The van der Waals surface area contributed by atoms with Crippen LogP contribution in [0.2, 0.25) is 0 Å². The van der Waals surface area contributed by atoms with Crippen LogP contribution < -0.4 is 9.47 Å². The van der Waals surface area contributed by atoms with Crippen LogP contribution in [0.5, 0.6) is 11.5 Å². The predicted octanol–water partition coefficient (Wildman–Crippen LogP) is 2.51. The Morgan fingerprint density at radius 3 is 1.88 bits per heavy atom. The number of aliphatic hydroxyl groups excluding tert-OH is 3. The molecule has 3 aromatic rings. The van der Waals surface area contributed by atoms with Gasteiger partial charge in [-0.3, -0.25) is 0 Å². The van der Waals surface area contributed by atoms with Crippen molar-refractivity contribution in [3.63, 3.8) is 0 Å². The molecule has 0 spiro atoms. The largest absolute Gasteiger partial charge is 0.491 e. The molecule has 0 aliphatic rings. The number of alkyl halides is 1.